The Labute approximate surface area is 143 Å². The fourth-order valence-electron chi connectivity index (χ4n) is 2.48. The van der Waals surface area contributed by atoms with Gasteiger partial charge >= 0.3 is 5.97 Å². The van der Waals surface area contributed by atoms with Crippen molar-refractivity contribution in [1.82, 2.24) is 0 Å². The van der Waals surface area contributed by atoms with Crippen molar-refractivity contribution in [3.8, 4) is 0 Å². The van der Waals surface area contributed by atoms with Crippen molar-refractivity contribution < 1.29 is 9.53 Å². The molecule has 22 heavy (non-hydrogen) atoms. The quantitative estimate of drug-likeness (QED) is 0.241. The smallest absolute Gasteiger partial charge is 0.322 e. The molecular weight excluding hydrogens is 294 g/mol. The molecule has 0 aromatic carbocycles. The maximum absolute atomic E-state index is 11.5. The van der Waals surface area contributed by atoms with Gasteiger partial charge in [0.2, 0.25) is 0 Å². The van der Waals surface area contributed by atoms with Crippen LogP contribution in [0.25, 0.3) is 0 Å². The van der Waals surface area contributed by atoms with E-state index >= 15 is 0 Å². The Bertz CT molecular complexity index is 249. The summed E-state index contributed by atoms with van der Waals surface area (Å²) in [6, 6.07) is -0.505. The van der Waals surface area contributed by atoms with E-state index in [1.165, 1.54) is 64.2 Å². The number of rotatable bonds is 16. The van der Waals surface area contributed by atoms with Gasteiger partial charge in [-0.2, -0.15) is 12.6 Å². The van der Waals surface area contributed by atoms with Gasteiger partial charge in [0, 0.05) is 0 Å². The molecule has 0 bridgehead atoms. The van der Waals surface area contributed by atoms with Crippen LogP contribution in [0.2, 0.25) is 0 Å². The molecule has 0 radical (unpaired) electrons. The summed E-state index contributed by atoms with van der Waals surface area (Å²) in [6.45, 7) is 2.77. The molecule has 0 saturated carbocycles. The molecule has 0 amide bonds. The van der Waals surface area contributed by atoms with Gasteiger partial charge < -0.3 is 10.5 Å². The Morgan fingerprint density at radius 2 is 1.36 bits per heavy atom. The van der Waals surface area contributed by atoms with Crippen LogP contribution in [0.15, 0.2) is 0 Å². The van der Waals surface area contributed by atoms with Crippen LogP contribution in [-0.2, 0) is 9.53 Å². The number of hydrogen-bond acceptors (Lipinski definition) is 4. The number of thiol groups is 1. The zero-order chi connectivity index (χ0) is 16.5. The van der Waals surface area contributed by atoms with Crippen LogP contribution >= 0.6 is 12.6 Å². The Morgan fingerprint density at radius 1 is 0.909 bits per heavy atom. The Balaban J connectivity index is 3.16. The van der Waals surface area contributed by atoms with Gasteiger partial charge in [-0.1, -0.05) is 77.6 Å². The van der Waals surface area contributed by atoms with Crippen molar-refractivity contribution in [3.05, 3.63) is 0 Å². The second-order valence-electron chi connectivity index (χ2n) is 6.18. The van der Waals surface area contributed by atoms with Crippen molar-refractivity contribution >= 4 is 18.6 Å². The third kappa shape index (κ3) is 14.7. The average Bonchev–Trinajstić information content (AvgIpc) is 2.51. The van der Waals surface area contributed by atoms with Gasteiger partial charge in [-0.05, 0) is 18.6 Å². The highest BCUT2D eigenvalue weighted by atomic mass is 32.1. The fraction of sp³-hybridized carbons (Fsp3) is 0.944. The lowest BCUT2D eigenvalue weighted by molar-refractivity contribution is -0.145. The monoisotopic (exact) mass is 331 g/mol. The maximum atomic E-state index is 11.5. The summed E-state index contributed by atoms with van der Waals surface area (Å²) < 4.78 is 5.15. The third-order valence-electron chi connectivity index (χ3n) is 3.99. The summed E-state index contributed by atoms with van der Waals surface area (Å²) in [5.41, 5.74) is 5.65. The number of carbonyl (C=O) groups excluding carboxylic acids is 1. The molecular formula is C18H37NO2S. The molecule has 0 unspecified atom stereocenters. The van der Waals surface area contributed by atoms with Crippen molar-refractivity contribution in [2.24, 2.45) is 5.73 Å². The summed E-state index contributed by atoms with van der Waals surface area (Å²) in [5.74, 6) is 0.339. The van der Waals surface area contributed by atoms with Gasteiger partial charge in [0.1, 0.15) is 6.04 Å². The van der Waals surface area contributed by atoms with E-state index in [9.17, 15) is 4.79 Å². The van der Waals surface area contributed by atoms with E-state index in [1.807, 2.05) is 0 Å². The Kier molecular flexibility index (Phi) is 17.0. The summed E-state index contributed by atoms with van der Waals surface area (Å²) in [4.78, 5) is 11.5. The molecule has 2 N–H and O–H groups in total. The van der Waals surface area contributed by atoms with Gasteiger partial charge in [-0.15, -0.1) is 0 Å². The molecule has 1 atom stereocenters. The van der Waals surface area contributed by atoms with Crippen LogP contribution in [0.1, 0.15) is 90.4 Å². The molecule has 0 rings (SSSR count). The van der Waals surface area contributed by atoms with E-state index in [2.05, 4.69) is 19.6 Å². The Hall–Kier alpha value is -0.220. The predicted molar refractivity (Wildman–Crippen MR) is 98.5 cm³/mol. The zero-order valence-corrected chi connectivity index (χ0v) is 15.4. The van der Waals surface area contributed by atoms with E-state index in [1.54, 1.807) is 0 Å². The number of unbranched alkanes of at least 4 members (excludes halogenated alkanes) is 11. The van der Waals surface area contributed by atoms with E-state index in [4.69, 9.17) is 10.5 Å². The van der Waals surface area contributed by atoms with Crippen LogP contribution < -0.4 is 5.73 Å². The molecule has 0 heterocycles. The highest BCUT2D eigenvalue weighted by molar-refractivity contribution is 7.80. The average molecular weight is 332 g/mol. The van der Waals surface area contributed by atoms with Gasteiger partial charge in [-0.3, -0.25) is 4.79 Å². The van der Waals surface area contributed by atoms with Crippen LogP contribution in [0.4, 0.5) is 0 Å². The molecule has 0 aliphatic carbocycles. The molecule has 0 saturated heterocycles. The van der Waals surface area contributed by atoms with Crippen LogP contribution in [0.5, 0.6) is 0 Å². The number of nitrogens with two attached hydrogens (primary N) is 1. The van der Waals surface area contributed by atoms with E-state index in [0.29, 0.717) is 18.8 Å². The van der Waals surface area contributed by atoms with Crippen molar-refractivity contribution in [1.29, 1.82) is 0 Å². The second-order valence-corrected chi connectivity index (χ2v) is 6.62. The predicted octanol–water partition coefficient (Wildman–Crippen LogP) is 4.88. The fourth-order valence-corrected chi connectivity index (χ4v) is 2.76. The van der Waals surface area contributed by atoms with Crippen molar-refractivity contribution in [2.75, 3.05) is 12.4 Å². The largest absolute Gasteiger partial charge is 0.465 e. The number of carbonyl (C=O) groups is 1. The number of ether oxygens (including phenoxy) is 1. The van der Waals surface area contributed by atoms with Gasteiger partial charge in [-0.25, -0.2) is 0 Å². The summed E-state index contributed by atoms with van der Waals surface area (Å²) in [6.07, 6.45) is 16.3. The zero-order valence-electron chi connectivity index (χ0n) is 14.5. The molecule has 3 nitrogen and oxygen atoms in total. The standard InChI is InChI=1S/C18H37NO2S/c1-2-3-4-5-6-7-8-9-10-11-12-13-15-21-18(20)17(19)14-16-22/h17,22H,2-16,19H2,1H3/t17-/m0/s1. The van der Waals surface area contributed by atoms with Gasteiger partial charge in [0.15, 0.2) is 0 Å². The molecule has 0 aromatic rings. The number of esters is 1. The van der Waals surface area contributed by atoms with Crippen LogP contribution in [0, 0.1) is 0 Å². The SMILES string of the molecule is CCCCCCCCCCCCCCOC(=O)[C@@H](N)CCS. The molecule has 0 fully saturated rings. The van der Waals surface area contributed by atoms with Crippen LogP contribution in [-0.4, -0.2) is 24.4 Å². The van der Waals surface area contributed by atoms with Crippen molar-refractivity contribution in [3.63, 3.8) is 0 Å². The minimum atomic E-state index is -0.505. The van der Waals surface area contributed by atoms with Crippen LogP contribution in [0.3, 0.4) is 0 Å². The minimum Gasteiger partial charge on any atom is -0.465 e. The number of hydrogen-bond donors (Lipinski definition) is 2. The van der Waals surface area contributed by atoms with Crippen molar-refractivity contribution in [2.45, 2.75) is 96.4 Å². The molecule has 0 spiro atoms. The first kappa shape index (κ1) is 21.8. The lowest BCUT2D eigenvalue weighted by Gasteiger charge is -2.10. The van der Waals surface area contributed by atoms with Gasteiger partial charge in [0.05, 0.1) is 6.61 Å². The summed E-state index contributed by atoms with van der Waals surface area (Å²) >= 11 is 4.06. The highest BCUT2D eigenvalue weighted by Crippen LogP contribution is 2.11. The first-order valence-electron chi connectivity index (χ1n) is 9.25. The summed E-state index contributed by atoms with van der Waals surface area (Å²) in [5, 5.41) is 0. The highest BCUT2D eigenvalue weighted by Gasteiger charge is 2.13. The van der Waals surface area contributed by atoms with E-state index in [-0.39, 0.29) is 5.97 Å². The van der Waals surface area contributed by atoms with E-state index in [0.717, 1.165) is 12.8 Å². The second kappa shape index (κ2) is 17.1. The van der Waals surface area contributed by atoms with E-state index < -0.39 is 6.04 Å². The first-order valence-corrected chi connectivity index (χ1v) is 9.88. The van der Waals surface area contributed by atoms with Gasteiger partial charge in [0.25, 0.3) is 0 Å². The minimum absolute atomic E-state index is 0.280. The first-order chi connectivity index (χ1) is 10.7. The molecule has 4 heteroatoms. The summed E-state index contributed by atoms with van der Waals surface area (Å²) in [7, 11) is 0. The molecule has 0 aliphatic heterocycles. The molecule has 0 aliphatic rings. The maximum Gasteiger partial charge on any atom is 0.322 e. The topological polar surface area (TPSA) is 52.3 Å². The molecule has 132 valence electrons. The third-order valence-corrected chi connectivity index (χ3v) is 4.24. The lowest BCUT2D eigenvalue weighted by atomic mass is 10.1. The lowest BCUT2D eigenvalue weighted by Crippen LogP contribution is -2.32. The molecule has 0 aromatic heterocycles. The normalized spacial score (nSPS) is 12.3. The Morgan fingerprint density at radius 3 is 1.82 bits per heavy atom.